The molecule has 0 aliphatic rings. The topological polar surface area (TPSA) is 60.7 Å². The molecule has 0 saturated carbocycles. The van der Waals surface area contributed by atoms with Gasteiger partial charge in [0.05, 0.1) is 12.7 Å². The van der Waals surface area contributed by atoms with E-state index in [0.717, 1.165) is 0 Å². The molecule has 4 heteroatoms. The molecule has 0 aliphatic heterocycles. The lowest BCUT2D eigenvalue weighted by Crippen LogP contribution is -2.29. The predicted molar refractivity (Wildman–Crippen MR) is 37.6 cm³/mol. The summed E-state index contributed by atoms with van der Waals surface area (Å²) in [6.07, 6.45) is -1.45. The smallest absolute Gasteiger partial charge is 0.103 e. The SMILES string of the molecule is OCC(O)C(O)CCS. The van der Waals surface area contributed by atoms with Gasteiger partial charge in [0.15, 0.2) is 0 Å². The highest BCUT2D eigenvalue weighted by atomic mass is 32.1. The Morgan fingerprint density at radius 2 is 1.78 bits per heavy atom. The van der Waals surface area contributed by atoms with Crippen molar-refractivity contribution in [2.45, 2.75) is 18.6 Å². The van der Waals surface area contributed by atoms with E-state index in [1.165, 1.54) is 0 Å². The third-order valence-corrected chi connectivity index (χ3v) is 1.31. The van der Waals surface area contributed by atoms with Gasteiger partial charge in [-0.25, -0.2) is 0 Å². The molecule has 0 bridgehead atoms. The van der Waals surface area contributed by atoms with E-state index in [0.29, 0.717) is 12.2 Å². The molecule has 0 saturated heterocycles. The largest absolute Gasteiger partial charge is 0.394 e. The third-order valence-electron chi connectivity index (χ3n) is 1.06. The Bertz CT molecular complexity index is 69.2. The van der Waals surface area contributed by atoms with Crippen LogP contribution in [0.4, 0.5) is 0 Å². The quantitative estimate of drug-likeness (QED) is 0.392. The predicted octanol–water partition coefficient (Wildman–Crippen LogP) is -0.980. The van der Waals surface area contributed by atoms with Gasteiger partial charge in [-0.15, -0.1) is 0 Å². The van der Waals surface area contributed by atoms with E-state index in [-0.39, 0.29) is 0 Å². The highest BCUT2D eigenvalue weighted by Crippen LogP contribution is 1.98. The first-order valence-electron chi connectivity index (χ1n) is 2.80. The Balaban J connectivity index is 3.32. The molecule has 0 aromatic rings. The lowest BCUT2D eigenvalue weighted by molar-refractivity contribution is -0.0146. The Labute approximate surface area is 59.7 Å². The van der Waals surface area contributed by atoms with Crippen molar-refractivity contribution in [2.24, 2.45) is 0 Å². The third kappa shape index (κ3) is 3.75. The van der Waals surface area contributed by atoms with Crippen molar-refractivity contribution < 1.29 is 15.3 Å². The lowest BCUT2D eigenvalue weighted by atomic mass is 10.2. The fourth-order valence-electron chi connectivity index (χ4n) is 0.446. The summed E-state index contributed by atoms with van der Waals surface area (Å²) in [6.45, 7) is -0.394. The van der Waals surface area contributed by atoms with Gasteiger partial charge in [0.1, 0.15) is 6.10 Å². The molecule has 0 radical (unpaired) electrons. The molecule has 3 N–H and O–H groups in total. The Morgan fingerprint density at radius 3 is 2.11 bits per heavy atom. The van der Waals surface area contributed by atoms with Crippen molar-refractivity contribution in [1.29, 1.82) is 0 Å². The van der Waals surface area contributed by atoms with Gasteiger partial charge in [-0.2, -0.15) is 12.6 Å². The van der Waals surface area contributed by atoms with Crippen LogP contribution in [0, 0.1) is 0 Å². The lowest BCUT2D eigenvalue weighted by Gasteiger charge is -2.13. The second-order valence-corrected chi connectivity index (χ2v) is 2.28. The number of aliphatic hydroxyl groups excluding tert-OH is 3. The van der Waals surface area contributed by atoms with Crippen molar-refractivity contribution in [3.8, 4) is 0 Å². The van der Waals surface area contributed by atoms with Crippen molar-refractivity contribution in [1.82, 2.24) is 0 Å². The molecule has 9 heavy (non-hydrogen) atoms. The van der Waals surface area contributed by atoms with E-state index < -0.39 is 18.8 Å². The van der Waals surface area contributed by atoms with Crippen LogP contribution in [0.25, 0.3) is 0 Å². The van der Waals surface area contributed by atoms with E-state index in [1.54, 1.807) is 0 Å². The minimum absolute atomic E-state index is 0.394. The highest BCUT2D eigenvalue weighted by molar-refractivity contribution is 7.80. The van der Waals surface area contributed by atoms with E-state index in [2.05, 4.69) is 12.6 Å². The van der Waals surface area contributed by atoms with E-state index in [1.807, 2.05) is 0 Å². The highest BCUT2D eigenvalue weighted by Gasteiger charge is 2.12. The molecule has 3 nitrogen and oxygen atoms in total. The molecule has 0 spiro atoms. The molecule has 0 fully saturated rings. The Hall–Kier alpha value is 0.230. The van der Waals surface area contributed by atoms with Gasteiger partial charge in [-0.3, -0.25) is 0 Å². The minimum Gasteiger partial charge on any atom is -0.394 e. The van der Waals surface area contributed by atoms with Gasteiger partial charge in [-0.05, 0) is 12.2 Å². The zero-order valence-electron chi connectivity index (χ0n) is 5.06. The number of aliphatic hydroxyl groups is 3. The average molecular weight is 152 g/mol. The summed E-state index contributed by atoms with van der Waals surface area (Å²) in [7, 11) is 0. The second kappa shape index (κ2) is 5.05. The molecule has 2 unspecified atom stereocenters. The maximum absolute atomic E-state index is 8.86. The fourth-order valence-corrected chi connectivity index (χ4v) is 0.711. The second-order valence-electron chi connectivity index (χ2n) is 1.83. The summed E-state index contributed by atoms with van der Waals surface area (Å²) in [4.78, 5) is 0. The summed E-state index contributed by atoms with van der Waals surface area (Å²) in [5, 5.41) is 25.9. The van der Waals surface area contributed by atoms with Crippen molar-refractivity contribution in [3.05, 3.63) is 0 Å². The maximum atomic E-state index is 8.86. The van der Waals surface area contributed by atoms with Crippen LogP contribution in [0.5, 0.6) is 0 Å². The monoisotopic (exact) mass is 152 g/mol. The molecule has 0 aromatic heterocycles. The molecule has 0 amide bonds. The van der Waals surface area contributed by atoms with Gasteiger partial charge in [0, 0.05) is 0 Å². The maximum Gasteiger partial charge on any atom is 0.103 e. The first-order chi connectivity index (χ1) is 4.22. The molecular formula is C5H12O3S. The van der Waals surface area contributed by atoms with Crippen molar-refractivity contribution >= 4 is 12.6 Å². The fraction of sp³-hybridized carbons (Fsp3) is 1.00. The number of hydrogen-bond acceptors (Lipinski definition) is 4. The molecule has 0 heterocycles. The van der Waals surface area contributed by atoms with Gasteiger partial charge in [-0.1, -0.05) is 0 Å². The van der Waals surface area contributed by atoms with Gasteiger partial charge in [0.2, 0.25) is 0 Å². The standard InChI is InChI=1S/C5H12O3S/c6-3-5(8)4(7)1-2-9/h4-9H,1-3H2. The van der Waals surface area contributed by atoms with Gasteiger partial charge in [0.25, 0.3) is 0 Å². The van der Waals surface area contributed by atoms with Crippen LogP contribution in [0.3, 0.4) is 0 Å². The minimum atomic E-state index is -1.02. The number of rotatable bonds is 4. The number of hydrogen-bond donors (Lipinski definition) is 4. The number of thiol groups is 1. The van der Waals surface area contributed by atoms with Crippen LogP contribution in [0.15, 0.2) is 0 Å². The molecule has 2 atom stereocenters. The van der Waals surface area contributed by atoms with Crippen molar-refractivity contribution in [3.63, 3.8) is 0 Å². The first-order valence-corrected chi connectivity index (χ1v) is 3.43. The van der Waals surface area contributed by atoms with E-state index in [4.69, 9.17) is 15.3 Å². The molecule has 56 valence electrons. The van der Waals surface area contributed by atoms with Crippen LogP contribution >= 0.6 is 12.6 Å². The summed E-state index contributed by atoms with van der Waals surface area (Å²) < 4.78 is 0. The Morgan fingerprint density at radius 1 is 1.22 bits per heavy atom. The van der Waals surface area contributed by atoms with Crippen LogP contribution in [0.1, 0.15) is 6.42 Å². The van der Waals surface area contributed by atoms with Gasteiger partial charge >= 0.3 is 0 Å². The van der Waals surface area contributed by atoms with Crippen molar-refractivity contribution in [2.75, 3.05) is 12.4 Å². The molecule has 0 aliphatic carbocycles. The van der Waals surface area contributed by atoms with Gasteiger partial charge < -0.3 is 15.3 Å². The summed E-state index contributed by atoms with van der Waals surface area (Å²) in [6, 6.07) is 0. The first kappa shape index (κ1) is 9.23. The van der Waals surface area contributed by atoms with Crippen LogP contribution < -0.4 is 0 Å². The normalized spacial score (nSPS) is 17.3. The average Bonchev–Trinajstić information content (AvgIpc) is 1.87. The summed E-state index contributed by atoms with van der Waals surface area (Å²) >= 11 is 3.84. The van der Waals surface area contributed by atoms with E-state index >= 15 is 0 Å². The van der Waals surface area contributed by atoms with Crippen LogP contribution in [-0.2, 0) is 0 Å². The van der Waals surface area contributed by atoms with Crippen LogP contribution in [-0.4, -0.2) is 39.9 Å². The zero-order chi connectivity index (χ0) is 7.28. The summed E-state index contributed by atoms with van der Waals surface area (Å²) in [5.74, 6) is 0.512. The molecular weight excluding hydrogens is 140 g/mol. The Kier molecular flexibility index (Phi) is 5.18. The molecule has 0 aromatic carbocycles. The molecule has 0 rings (SSSR count). The summed E-state index contributed by atoms with van der Waals surface area (Å²) in [5.41, 5.74) is 0. The van der Waals surface area contributed by atoms with E-state index in [9.17, 15) is 0 Å². The van der Waals surface area contributed by atoms with Crippen LogP contribution in [0.2, 0.25) is 0 Å². The zero-order valence-corrected chi connectivity index (χ0v) is 5.96.